The number of aromatic nitrogens is 2. The van der Waals surface area contributed by atoms with Gasteiger partial charge in [0.1, 0.15) is 11.6 Å². The molecule has 2 atom stereocenters. The first kappa shape index (κ1) is 48.7. The summed E-state index contributed by atoms with van der Waals surface area (Å²) in [4.78, 5) is 56.2. The van der Waals surface area contributed by atoms with Crippen molar-refractivity contribution in [3.63, 3.8) is 0 Å². The quantitative estimate of drug-likeness (QED) is 0.0269. The second-order valence-corrected chi connectivity index (χ2v) is 16.3. The van der Waals surface area contributed by atoms with E-state index < -0.39 is 5.56 Å². The van der Waals surface area contributed by atoms with Crippen LogP contribution in [-0.2, 0) is 29.6 Å². The maximum atomic E-state index is 12.8. The molecule has 3 amide bonds. The monoisotopic (exact) mass is 870 g/mol. The Hall–Kier alpha value is -4.98. The average Bonchev–Trinajstić information content (AvgIpc) is 3.27. The molecule has 13 nitrogen and oxygen atoms in total. The highest BCUT2D eigenvalue weighted by Crippen LogP contribution is 2.27. The fourth-order valence-electron chi connectivity index (χ4n) is 6.32. The molecule has 4 N–H and O–H groups in total. The number of nitrogens with one attached hydrogen (secondary N) is 4. The Bertz CT molecular complexity index is 2040. The molecular weight excluding hydrogens is 813 g/mol. The molecule has 0 bridgehead atoms. The number of H-pyrrole nitrogens is 1. The number of benzene rings is 3. The fourth-order valence-corrected chi connectivity index (χ4v) is 8.01. The van der Waals surface area contributed by atoms with Crippen LogP contribution < -0.4 is 21.5 Å². The standard InChI is InChI=1S/C46H58N6O7S2/c1-33(50-34(2)53)41(60-3)13-7-8-14-42(54)48-23-9-25-57-27-29-59-30-28-58-26-10-24-49-44(55)39-17-15-35(16-18-39)32-61-46-51-43(40(31-47)45(56)52-46)38-21-19-37(20-22-38)36-11-5-4-6-12-36/h4-6,11-12,15-22,33,41H,7-10,13-14,23-30,32H2,1-3H3,(H,48,54)(H,49,55)(H,50,53)(H,51,52,56)/t33-,41-/m0/s1. The summed E-state index contributed by atoms with van der Waals surface area (Å²) in [5.74, 6) is 0.364. The van der Waals surface area contributed by atoms with E-state index in [1.165, 1.54) is 18.7 Å². The smallest absolute Gasteiger partial charge is 0.270 e. The molecule has 1 heterocycles. The number of unbranched alkanes of at least 4 members (excludes halogenated alkanes) is 1. The Labute approximate surface area is 367 Å². The van der Waals surface area contributed by atoms with Crippen LogP contribution in [-0.4, -0.2) is 98.0 Å². The normalized spacial score (nSPS) is 12.0. The summed E-state index contributed by atoms with van der Waals surface area (Å²) in [5, 5.41) is 19.2. The van der Waals surface area contributed by atoms with Crippen LogP contribution in [0.15, 0.2) is 88.8 Å². The topological polar surface area (TPSA) is 185 Å². The third kappa shape index (κ3) is 17.9. The van der Waals surface area contributed by atoms with Gasteiger partial charge in [0.2, 0.25) is 11.8 Å². The predicted molar refractivity (Wildman–Crippen MR) is 243 cm³/mol. The molecule has 326 valence electrons. The Balaban J connectivity index is 1.000. The van der Waals surface area contributed by atoms with E-state index in [1.54, 1.807) is 23.9 Å². The lowest BCUT2D eigenvalue weighted by molar-refractivity contribution is -0.121. The van der Waals surface area contributed by atoms with Gasteiger partial charge in [-0.15, -0.1) is 0 Å². The van der Waals surface area contributed by atoms with E-state index in [-0.39, 0.29) is 29.3 Å². The molecule has 0 spiro atoms. The molecule has 4 rings (SSSR count). The number of nitriles is 1. The van der Waals surface area contributed by atoms with Gasteiger partial charge in [0, 0.05) is 67.8 Å². The number of hydrogen-bond acceptors (Lipinski definition) is 11. The number of rotatable bonds is 28. The van der Waals surface area contributed by atoms with E-state index in [9.17, 15) is 24.4 Å². The van der Waals surface area contributed by atoms with Gasteiger partial charge in [0.15, 0.2) is 5.16 Å². The molecule has 0 saturated carbocycles. The van der Waals surface area contributed by atoms with Crippen molar-refractivity contribution in [2.75, 3.05) is 59.0 Å². The maximum absolute atomic E-state index is 12.8. The lowest BCUT2D eigenvalue weighted by Crippen LogP contribution is -2.38. The minimum absolute atomic E-state index is 0.0182. The molecule has 0 aliphatic heterocycles. The Kier molecular flexibility index (Phi) is 22.2. The van der Waals surface area contributed by atoms with Crippen molar-refractivity contribution in [2.24, 2.45) is 0 Å². The van der Waals surface area contributed by atoms with E-state index in [1.807, 2.05) is 86.0 Å². The highest BCUT2D eigenvalue weighted by molar-refractivity contribution is 7.99. The van der Waals surface area contributed by atoms with Crippen LogP contribution in [0.4, 0.5) is 0 Å². The summed E-state index contributed by atoms with van der Waals surface area (Å²) >= 11 is 3.09. The van der Waals surface area contributed by atoms with E-state index in [4.69, 9.17) is 14.2 Å². The van der Waals surface area contributed by atoms with Crippen LogP contribution in [0.1, 0.15) is 73.9 Å². The van der Waals surface area contributed by atoms with Crippen LogP contribution in [0.2, 0.25) is 0 Å². The summed E-state index contributed by atoms with van der Waals surface area (Å²) < 4.78 is 16.8. The van der Waals surface area contributed by atoms with Crippen molar-refractivity contribution in [1.82, 2.24) is 25.9 Å². The second-order valence-electron chi connectivity index (χ2n) is 14.3. The fraction of sp³-hybridized carbons (Fsp3) is 0.435. The highest BCUT2D eigenvalue weighted by Gasteiger charge is 2.17. The van der Waals surface area contributed by atoms with Gasteiger partial charge >= 0.3 is 0 Å². The molecule has 3 aromatic carbocycles. The third-order valence-electron chi connectivity index (χ3n) is 9.58. The predicted octanol–water partition coefficient (Wildman–Crippen LogP) is 6.76. The second kappa shape index (κ2) is 27.8. The molecule has 61 heavy (non-hydrogen) atoms. The number of carbonyl (C=O) groups is 3. The van der Waals surface area contributed by atoms with Crippen molar-refractivity contribution in [1.29, 1.82) is 5.26 Å². The van der Waals surface area contributed by atoms with E-state index in [0.717, 1.165) is 42.4 Å². The zero-order chi connectivity index (χ0) is 43.7. The van der Waals surface area contributed by atoms with Gasteiger partial charge in [0.05, 0.1) is 32.1 Å². The molecule has 15 heteroatoms. The number of aromatic amines is 1. The highest BCUT2D eigenvalue weighted by atomic mass is 32.2. The van der Waals surface area contributed by atoms with Crippen LogP contribution in [0.25, 0.3) is 22.4 Å². The van der Waals surface area contributed by atoms with Crippen molar-refractivity contribution >= 4 is 41.2 Å². The van der Waals surface area contributed by atoms with Crippen LogP contribution >= 0.6 is 23.5 Å². The van der Waals surface area contributed by atoms with Crippen molar-refractivity contribution in [3.8, 4) is 28.5 Å². The maximum Gasteiger partial charge on any atom is 0.270 e. The Morgan fingerprint density at radius 1 is 0.787 bits per heavy atom. The lowest BCUT2D eigenvalue weighted by atomic mass is 10.0. The largest absolute Gasteiger partial charge is 0.379 e. The van der Waals surface area contributed by atoms with Crippen LogP contribution in [0.5, 0.6) is 0 Å². The van der Waals surface area contributed by atoms with Crippen LogP contribution in [0.3, 0.4) is 0 Å². The molecule has 0 aliphatic rings. The first-order valence-electron chi connectivity index (χ1n) is 20.7. The Morgan fingerprint density at radius 3 is 2.02 bits per heavy atom. The minimum Gasteiger partial charge on any atom is -0.379 e. The van der Waals surface area contributed by atoms with Gasteiger partial charge < -0.3 is 35.1 Å². The van der Waals surface area contributed by atoms with E-state index in [2.05, 4.69) is 25.9 Å². The molecule has 1 aromatic heterocycles. The third-order valence-corrected chi connectivity index (χ3v) is 11.8. The zero-order valence-electron chi connectivity index (χ0n) is 35.3. The van der Waals surface area contributed by atoms with Gasteiger partial charge in [-0.1, -0.05) is 84.9 Å². The molecular formula is C46H58N6O7S2. The summed E-state index contributed by atoms with van der Waals surface area (Å²) in [7, 11) is 0. The first-order chi connectivity index (χ1) is 29.7. The van der Waals surface area contributed by atoms with Gasteiger partial charge in [-0.2, -0.15) is 17.0 Å². The van der Waals surface area contributed by atoms with Gasteiger partial charge in [-0.3, -0.25) is 19.2 Å². The zero-order valence-corrected chi connectivity index (χ0v) is 37.0. The van der Waals surface area contributed by atoms with E-state index in [0.29, 0.717) is 98.6 Å². The summed E-state index contributed by atoms with van der Waals surface area (Å²) in [5.41, 5.74) is 4.07. The SMILES string of the molecule is CS[C@@H](CCCCC(=O)NCCCOCCOCCOCCCNC(=O)c1ccc(CSc2nc(-c3ccc(-c4ccccc4)cc3)c(C#N)c(=O)[nH]2)cc1)[C@H](C)NC(C)=O. The molecule has 0 fully saturated rings. The number of amides is 3. The number of ether oxygens (including phenoxy) is 3. The average molecular weight is 871 g/mol. The van der Waals surface area contributed by atoms with Gasteiger partial charge in [0.25, 0.3) is 11.5 Å². The molecule has 0 aliphatic carbocycles. The summed E-state index contributed by atoms with van der Waals surface area (Å²) in [6.45, 7) is 7.45. The van der Waals surface area contributed by atoms with Crippen molar-refractivity contribution in [2.45, 2.75) is 74.6 Å². The van der Waals surface area contributed by atoms with Crippen LogP contribution in [0, 0.1) is 11.3 Å². The Morgan fingerprint density at radius 2 is 1.39 bits per heavy atom. The molecule has 4 aromatic rings. The first-order valence-corrected chi connectivity index (χ1v) is 23.0. The molecule has 0 radical (unpaired) electrons. The number of hydrogen-bond donors (Lipinski definition) is 4. The minimum atomic E-state index is -0.489. The number of carbonyl (C=O) groups excluding carboxylic acids is 3. The number of nitrogens with zero attached hydrogens (tertiary/aromatic N) is 2. The molecule has 0 saturated heterocycles. The number of thioether (sulfide) groups is 2. The lowest BCUT2D eigenvalue weighted by Gasteiger charge is -2.22. The van der Waals surface area contributed by atoms with Gasteiger partial charge in [-0.25, -0.2) is 4.98 Å². The summed E-state index contributed by atoms with van der Waals surface area (Å²) in [6, 6.07) is 27.0. The van der Waals surface area contributed by atoms with E-state index >= 15 is 0 Å². The van der Waals surface area contributed by atoms with Crippen molar-refractivity contribution in [3.05, 3.63) is 106 Å². The molecule has 0 unspecified atom stereocenters. The van der Waals surface area contributed by atoms with Crippen molar-refractivity contribution < 1.29 is 28.6 Å². The van der Waals surface area contributed by atoms with Gasteiger partial charge in [-0.05, 0) is 67.7 Å². The summed E-state index contributed by atoms with van der Waals surface area (Å²) in [6.07, 6.45) is 6.67.